The fourth-order valence-corrected chi connectivity index (χ4v) is 1.87. The van der Waals surface area contributed by atoms with Crippen LogP contribution in [-0.4, -0.2) is 30.4 Å². The summed E-state index contributed by atoms with van der Waals surface area (Å²) in [7, 11) is 1.65. The van der Waals surface area contributed by atoms with Crippen molar-refractivity contribution in [3.63, 3.8) is 0 Å². The highest BCUT2D eigenvalue weighted by Crippen LogP contribution is 2.21. The van der Waals surface area contributed by atoms with Gasteiger partial charge in [0.1, 0.15) is 5.75 Å². The minimum atomic E-state index is 0.559. The zero-order chi connectivity index (χ0) is 14.2. The number of ether oxygens (including phenoxy) is 1. The van der Waals surface area contributed by atoms with E-state index >= 15 is 0 Å². The zero-order valence-electron chi connectivity index (χ0n) is 12.1. The molecule has 1 N–H and O–H groups in total. The van der Waals surface area contributed by atoms with Crippen LogP contribution in [0.2, 0.25) is 0 Å². The first-order valence-corrected chi connectivity index (χ1v) is 7.01. The summed E-state index contributed by atoms with van der Waals surface area (Å²) in [5.41, 5.74) is 0.911. The molecule has 0 saturated heterocycles. The lowest BCUT2D eigenvalue weighted by molar-refractivity contribution is 0.415. The summed E-state index contributed by atoms with van der Waals surface area (Å²) in [5.74, 6) is 2.06. The maximum absolute atomic E-state index is 5.66. The Morgan fingerprint density at radius 1 is 1.15 bits per heavy atom. The summed E-state index contributed by atoms with van der Waals surface area (Å²) in [6, 6.07) is 7.60. The summed E-state index contributed by atoms with van der Waals surface area (Å²) < 4.78 is 10.8. The molecule has 0 aliphatic heterocycles. The van der Waals surface area contributed by atoms with Gasteiger partial charge in [0.25, 0.3) is 0 Å². The molecule has 2 rings (SSSR count). The van der Waals surface area contributed by atoms with Crippen molar-refractivity contribution in [1.29, 1.82) is 0 Å². The maximum Gasteiger partial charge on any atom is 0.247 e. The number of methoxy groups -OCH3 is 1. The van der Waals surface area contributed by atoms with Gasteiger partial charge in [0.15, 0.2) is 0 Å². The molecular formula is C15H21N3O2. The van der Waals surface area contributed by atoms with Crippen molar-refractivity contribution in [2.24, 2.45) is 0 Å². The van der Waals surface area contributed by atoms with E-state index in [0.29, 0.717) is 11.8 Å². The fraction of sp³-hybridized carbons (Fsp3) is 0.467. The molecule has 1 heterocycles. The van der Waals surface area contributed by atoms with Crippen molar-refractivity contribution < 1.29 is 9.15 Å². The Kier molecular flexibility index (Phi) is 5.55. The molecule has 5 heteroatoms. The van der Waals surface area contributed by atoms with Crippen LogP contribution in [0.4, 0.5) is 0 Å². The molecule has 1 aromatic heterocycles. The molecule has 0 aliphatic carbocycles. The van der Waals surface area contributed by atoms with E-state index in [1.54, 1.807) is 7.11 Å². The minimum Gasteiger partial charge on any atom is -0.497 e. The van der Waals surface area contributed by atoms with Crippen molar-refractivity contribution in [2.45, 2.75) is 26.2 Å². The van der Waals surface area contributed by atoms with Crippen LogP contribution in [0.3, 0.4) is 0 Å². The summed E-state index contributed by atoms with van der Waals surface area (Å²) in [6.07, 6.45) is 2.96. The van der Waals surface area contributed by atoms with Gasteiger partial charge >= 0.3 is 0 Å². The second kappa shape index (κ2) is 7.65. The van der Waals surface area contributed by atoms with Gasteiger partial charge in [0, 0.05) is 12.0 Å². The Bertz CT molecular complexity index is 508. The van der Waals surface area contributed by atoms with E-state index in [-0.39, 0.29) is 0 Å². The molecule has 0 bridgehead atoms. The van der Waals surface area contributed by atoms with Crippen LogP contribution in [0.1, 0.15) is 25.7 Å². The molecule has 0 saturated carbocycles. The smallest absolute Gasteiger partial charge is 0.247 e. The molecule has 0 radical (unpaired) electrons. The van der Waals surface area contributed by atoms with Gasteiger partial charge < -0.3 is 14.5 Å². The molecule has 0 amide bonds. The second-order valence-corrected chi connectivity index (χ2v) is 4.58. The molecule has 20 heavy (non-hydrogen) atoms. The van der Waals surface area contributed by atoms with Gasteiger partial charge in [-0.1, -0.05) is 6.92 Å². The summed E-state index contributed by atoms with van der Waals surface area (Å²) >= 11 is 0. The lowest BCUT2D eigenvalue weighted by atomic mass is 10.2. The van der Waals surface area contributed by atoms with Crippen molar-refractivity contribution >= 4 is 0 Å². The average molecular weight is 275 g/mol. The predicted octanol–water partition coefficient (Wildman–Crippen LogP) is 2.68. The molecule has 108 valence electrons. The van der Waals surface area contributed by atoms with Crippen LogP contribution in [-0.2, 0) is 6.42 Å². The van der Waals surface area contributed by atoms with Crippen LogP contribution in [0.5, 0.6) is 5.75 Å². The van der Waals surface area contributed by atoms with E-state index in [9.17, 15) is 0 Å². The van der Waals surface area contributed by atoms with E-state index in [1.165, 1.54) is 0 Å². The van der Waals surface area contributed by atoms with E-state index in [4.69, 9.17) is 9.15 Å². The van der Waals surface area contributed by atoms with E-state index < -0.39 is 0 Å². The normalized spacial score (nSPS) is 10.7. The predicted molar refractivity (Wildman–Crippen MR) is 77.8 cm³/mol. The fourth-order valence-electron chi connectivity index (χ4n) is 1.87. The summed E-state index contributed by atoms with van der Waals surface area (Å²) in [5, 5.41) is 11.5. The topological polar surface area (TPSA) is 60.2 Å². The van der Waals surface area contributed by atoms with Gasteiger partial charge in [-0.3, -0.25) is 0 Å². The van der Waals surface area contributed by atoms with Crippen molar-refractivity contribution in [3.05, 3.63) is 30.2 Å². The van der Waals surface area contributed by atoms with Gasteiger partial charge in [-0.15, -0.1) is 10.2 Å². The Labute approximate surface area is 119 Å². The van der Waals surface area contributed by atoms with Crippen LogP contribution in [0.15, 0.2) is 28.7 Å². The molecule has 0 aliphatic rings. The van der Waals surface area contributed by atoms with Crippen LogP contribution < -0.4 is 10.1 Å². The van der Waals surface area contributed by atoms with E-state index in [1.807, 2.05) is 24.3 Å². The highest BCUT2D eigenvalue weighted by atomic mass is 16.5. The van der Waals surface area contributed by atoms with Crippen molar-refractivity contribution in [2.75, 3.05) is 20.2 Å². The number of nitrogens with one attached hydrogen (secondary N) is 1. The number of aromatic nitrogens is 2. The lowest BCUT2D eigenvalue weighted by Crippen LogP contribution is -2.16. The van der Waals surface area contributed by atoms with Gasteiger partial charge in [0.2, 0.25) is 11.8 Å². The third kappa shape index (κ3) is 4.06. The molecular weight excluding hydrogens is 254 g/mol. The summed E-state index contributed by atoms with van der Waals surface area (Å²) in [4.78, 5) is 0. The monoisotopic (exact) mass is 275 g/mol. The minimum absolute atomic E-state index is 0.559. The molecule has 0 atom stereocenters. The SMILES string of the molecule is CCCNCCCc1nnc(-c2ccc(OC)cc2)o1. The van der Waals surface area contributed by atoms with E-state index in [2.05, 4.69) is 22.4 Å². The van der Waals surface area contributed by atoms with Crippen LogP contribution in [0.25, 0.3) is 11.5 Å². The van der Waals surface area contributed by atoms with E-state index in [0.717, 1.165) is 43.7 Å². The Balaban J connectivity index is 1.87. The Morgan fingerprint density at radius 2 is 1.95 bits per heavy atom. The average Bonchev–Trinajstić information content (AvgIpc) is 2.96. The van der Waals surface area contributed by atoms with Crippen molar-refractivity contribution in [3.8, 4) is 17.2 Å². The second-order valence-electron chi connectivity index (χ2n) is 4.58. The van der Waals surface area contributed by atoms with Gasteiger partial charge in [0.05, 0.1) is 7.11 Å². The first-order valence-electron chi connectivity index (χ1n) is 7.01. The first-order chi connectivity index (χ1) is 9.83. The molecule has 2 aromatic rings. The lowest BCUT2D eigenvalue weighted by Gasteiger charge is -2.00. The van der Waals surface area contributed by atoms with Gasteiger partial charge in [-0.25, -0.2) is 0 Å². The first kappa shape index (κ1) is 14.5. The molecule has 1 aromatic carbocycles. The zero-order valence-corrected chi connectivity index (χ0v) is 12.1. The highest BCUT2D eigenvalue weighted by Gasteiger charge is 2.08. The largest absolute Gasteiger partial charge is 0.497 e. The Morgan fingerprint density at radius 3 is 2.65 bits per heavy atom. The molecule has 0 spiro atoms. The number of aryl methyl sites for hydroxylation is 1. The number of rotatable bonds is 8. The third-order valence-corrected chi connectivity index (χ3v) is 2.97. The van der Waals surface area contributed by atoms with Crippen molar-refractivity contribution in [1.82, 2.24) is 15.5 Å². The standard InChI is InChI=1S/C15H21N3O2/c1-3-10-16-11-4-5-14-17-18-15(20-14)12-6-8-13(19-2)9-7-12/h6-9,16H,3-5,10-11H2,1-2H3. The molecule has 0 unspecified atom stereocenters. The summed E-state index contributed by atoms with van der Waals surface area (Å²) in [6.45, 7) is 4.20. The number of hydrogen-bond acceptors (Lipinski definition) is 5. The third-order valence-electron chi connectivity index (χ3n) is 2.97. The van der Waals surface area contributed by atoms with Crippen LogP contribution >= 0.6 is 0 Å². The number of benzene rings is 1. The van der Waals surface area contributed by atoms with Crippen LogP contribution in [0, 0.1) is 0 Å². The number of hydrogen-bond donors (Lipinski definition) is 1. The highest BCUT2D eigenvalue weighted by molar-refractivity contribution is 5.53. The molecule has 0 fully saturated rings. The Hall–Kier alpha value is -1.88. The maximum atomic E-state index is 5.66. The van der Waals surface area contributed by atoms with Gasteiger partial charge in [-0.05, 0) is 50.2 Å². The quantitative estimate of drug-likeness (QED) is 0.750. The van der Waals surface area contributed by atoms with Gasteiger partial charge in [-0.2, -0.15) is 0 Å². The molecule has 5 nitrogen and oxygen atoms in total. The number of nitrogens with zero attached hydrogens (tertiary/aromatic N) is 2.